The Kier molecular flexibility index (Phi) is 6.98. The zero-order valence-corrected chi connectivity index (χ0v) is 9.82. The van der Waals surface area contributed by atoms with Crippen LogP contribution in [0.5, 0.6) is 0 Å². The van der Waals surface area contributed by atoms with Crippen molar-refractivity contribution in [3.8, 4) is 0 Å². The molecular weight excluding hydrogens is 203 g/mol. The van der Waals surface area contributed by atoms with Gasteiger partial charge in [-0.3, -0.25) is 0 Å². The summed E-state index contributed by atoms with van der Waals surface area (Å²) in [6.07, 6.45) is -2.73. The first kappa shape index (κ1) is 14.8. The molecule has 4 heteroatoms. The first-order valence-corrected chi connectivity index (χ1v) is 5.65. The van der Waals surface area contributed by atoms with E-state index in [1.807, 2.05) is 20.8 Å². The molecule has 0 radical (unpaired) electrons. The molecule has 0 aliphatic rings. The molecule has 0 bridgehead atoms. The first-order chi connectivity index (χ1) is 6.85. The number of nitrogens with one attached hydrogen (secondary N) is 1. The average Bonchev–Trinajstić information content (AvgIpc) is 2.07. The molecule has 0 spiro atoms. The summed E-state index contributed by atoms with van der Waals surface area (Å²) in [5, 5.41) is 3.17. The van der Waals surface area contributed by atoms with Gasteiger partial charge in [0, 0.05) is 12.5 Å². The molecule has 0 fully saturated rings. The van der Waals surface area contributed by atoms with Crippen molar-refractivity contribution in [3.05, 3.63) is 0 Å². The van der Waals surface area contributed by atoms with Crippen molar-refractivity contribution < 1.29 is 13.2 Å². The summed E-state index contributed by atoms with van der Waals surface area (Å²) in [6.45, 7) is 6.89. The van der Waals surface area contributed by atoms with Crippen molar-refractivity contribution in [2.45, 2.75) is 58.7 Å². The normalized spacial score (nSPS) is 14.6. The molecule has 0 aliphatic carbocycles. The Morgan fingerprint density at radius 2 is 1.80 bits per heavy atom. The third-order valence-electron chi connectivity index (χ3n) is 2.22. The van der Waals surface area contributed by atoms with Crippen LogP contribution in [0.25, 0.3) is 0 Å². The summed E-state index contributed by atoms with van der Waals surface area (Å²) >= 11 is 0. The Balaban J connectivity index is 3.89. The lowest BCUT2D eigenvalue weighted by atomic mass is 9.99. The second-order valence-corrected chi connectivity index (χ2v) is 4.43. The summed E-state index contributed by atoms with van der Waals surface area (Å²) < 4.78 is 36.1. The average molecular weight is 225 g/mol. The minimum absolute atomic E-state index is 0.00609. The van der Waals surface area contributed by atoms with Crippen molar-refractivity contribution in [1.82, 2.24) is 5.32 Å². The predicted molar refractivity (Wildman–Crippen MR) is 56.8 cm³/mol. The van der Waals surface area contributed by atoms with Crippen LogP contribution in [0.4, 0.5) is 13.2 Å². The van der Waals surface area contributed by atoms with E-state index in [2.05, 4.69) is 5.32 Å². The number of hydrogen-bond acceptors (Lipinski definition) is 1. The summed E-state index contributed by atoms with van der Waals surface area (Å²) in [7, 11) is 0. The zero-order chi connectivity index (χ0) is 11.9. The van der Waals surface area contributed by atoms with E-state index >= 15 is 0 Å². The topological polar surface area (TPSA) is 12.0 Å². The lowest BCUT2D eigenvalue weighted by molar-refractivity contribution is -0.136. The highest BCUT2D eigenvalue weighted by atomic mass is 19.4. The summed E-state index contributed by atoms with van der Waals surface area (Å²) in [5.74, 6) is 0.438. The van der Waals surface area contributed by atoms with Gasteiger partial charge in [0.15, 0.2) is 0 Å². The van der Waals surface area contributed by atoms with E-state index in [0.717, 1.165) is 19.4 Å². The molecule has 0 heterocycles. The lowest BCUT2D eigenvalue weighted by Crippen LogP contribution is -2.32. The van der Waals surface area contributed by atoms with Gasteiger partial charge in [-0.25, -0.2) is 0 Å². The third kappa shape index (κ3) is 10.0. The summed E-state index contributed by atoms with van der Waals surface area (Å²) in [4.78, 5) is 0. The van der Waals surface area contributed by atoms with Crippen molar-refractivity contribution in [1.29, 1.82) is 0 Å². The van der Waals surface area contributed by atoms with Gasteiger partial charge in [-0.05, 0) is 31.7 Å². The summed E-state index contributed by atoms with van der Waals surface area (Å²) in [6, 6.07) is 0.00609. The summed E-state index contributed by atoms with van der Waals surface area (Å²) in [5.41, 5.74) is 0. The van der Waals surface area contributed by atoms with Crippen LogP contribution >= 0.6 is 0 Å². The van der Waals surface area contributed by atoms with Gasteiger partial charge in [-0.1, -0.05) is 20.8 Å². The van der Waals surface area contributed by atoms with E-state index in [9.17, 15) is 13.2 Å². The van der Waals surface area contributed by atoms with Crippen molar-refractivity contribution in [2.75, 3.05) is 6.54 Å². The van der Waals surface area contributed by atoms with Gasteiger partial charge in [0.25, 0.3) is 0 Å². The van der Waals surface area contributed by atoms with Crippen LogP contribution in [-0.2, 0) is 0 Å². The van der Waals surface area contributed by atoms with Crippen molar-refractivity contribution in [3.63, 3.8) is 0 Å². The van der Waals surface area contributed by atoms with Gasteiger partial charge in [-0.15, -0.1) is 0 Å². The van der Waals surface area contributed by atoms with E-state index in [1.165, 1.54) is 0 Å². The van der Waals surface area contributed by atoms with E-state index in [1.54, 1.807) is 0 Å². The minimum Gasteiger partial charge on any atom is -0.314 e. The van der Waals surface area contributed by atoms with E-state index in [-0.39, 0.29) is 12.5 Å². The van der Waals surface area contributed by atoms with E-state index in [0.29, 0.717) is 5.92 Å². The molecular formula is C11H22F3N. The second kappa shape index (κ2) is 7.09. The number of halogens is 3. The van der Waals surface area contributed by atoms with Crippen molar-refractivity contribution >= 4 is 0 Å². The number of hydrogen-bond donors (Lipinski definition) is 1. The van der Waals surface area contributed by atoms with Crippen LogP contribution in [0, 0.1) is 5.92 Å². The van der Waals surface area contributed by atoms with Crippen LogP contribution in [-0.4, -0.2) is 18.8 Å². The van der Waals surface area contributed by atoms with E-state index in [4.69, 9.17) is 0 Å². The van der Waals surface area contributed by atoms with Crippen LogP contribution < -0.4 is 5.32 Å². The molecule has 1 nitrogen and oxygen atoms in total. The van der Waals surface area contributed by atoms with Crippen molar-refractivity contribution in [2.24, 2.45) is 5.92 Å². The molecule has 0 aromatic heterocycles. The van der Waals surface area contributed by atoms with Gasteiger partial charge in [-0.2, -0.15) is 13.2 Å². The van der Waals surface area contributed by atoms with Crippen LogP contribution in [0.15, 0.2) is 0 Å². The monoisotopic (exact) mass is 225 g/mol. The van der Waals surface area contributed by atoms with Gasteiger partial charge in [0.2, 0.25) is 0 Å². The maximum absolute atomic E-state index is 12.0. The maximum atomic E-state index is 12.0. The molecule has 1 unspecified atom stereocenters. The Labute approximate surface area is 90.4 Å². The highest BCUT2D eigenvalue weighted by Crippen LogP contribution is 2.23. The molecule has 0 aromatic carbocycles. The molecule has 0 saturated carbocycles. The Morgan fingerprint density at radius 3 is 2.20 bits per heavy atom. The van der Waals surface area contributed by atoms with Crippen LogP contribution in [0.3, 0.4) is 0 Å². The van der Waals surface area contributed by atoms with Crippen LogP contribution in [0.1, 0.15) is 46.5 Å². The van der Waals surface area contributed by atoms with Gasteiger partial charge in [0.05, 0.1) is 0 Å². The molecule has 0 amide bonds. The maximum Gasteiger partial charge on any atom is 0.389 e. The zero-order valence-electron chi connectivity index (χ0n) is 9.82. The first-order valence-electron chi connectivity index (χ1n) is 5.65. The quantitative estimate of drug-likeness (QED) is 0.696. The van der Waals surface area contributed by atoms with Gasteiger partial charge >= 0.3 is 6.18 Å². The largest absolute Gasteiger partial charge is 0.389 e. The van der Waals surface area contributed by atoms with Gasteiger partial charge < -0.3 is 5.32 Å². The SMILES string of the molecule is CCCNC(CCC(F)(F)F)CC(C)C. The van der Waals surface area contributed by atoms with Gasteiger partial charge in [0.1, 0.15) is 0 Å². The molecule has 0 saturated heterocycles. The number of rotatable bonds is 7. The Morgan fingerprint density at radius 1 is 1.20 bits per heavy atom. The highest BCUT2D eigenvalue weighted by molar-refractivity contribution is 4.70. The number of alkyl halides is 3. The van der Waals surface area contributed by atoms with E-state index < -0.39 is 12.6 Å². The fourth-order valence-corrected chi connectivity index (χ4v) is 1.56. The third-order valence-corrected chi connectivity index (χ3v) is 2.22. The smallest absolute Gasteiger partial charge is 0.314 e. The Hall–Kier alpha value is -0.250. The lowest BCUT2D eigenvalue weighted by Gasteiger charge is -2.21. The fourth-order valence-electron chi connectivity index (χ4n) is 1.56. The second-order valence-electron chi connectivity index (χ2n) is 4.43. The molecule has 15 heavy (non-hydrogen) atoms. The molecule has 0 aliphatic heterocycles. The molecule has 0 rings (SSSR count). The fraction of sp³-hybridized carbons (Fsp3) is 1.00. The molecule has 0 aromatic rings. The molecule has 1 N–H and O–H groups in total. The molecule has 1 atom stereocenters. The Bertz CT molecular complexity index is 154. The molecule has 92 valence electrons. The predicted octanol–water partition coefficient (Wildman–Crippen LogP) is 3.74. The van der Waals surface area contributed by atoms with Crippen LogP contribution in [0.2, 0.25) is 0 Å². The standard InChI is InChI=1S/C11H22F3N/c1-4-7-15-10(8-9(2)3)5-6-11(12,13)14/h9-10,15H,4-8H2,1-3H3. The highest BCUT2D eigenvalue weighted by Gasteiger charge is 2.28. The minimum atomic E-state index is -4.02.